The number of benzene rings is 1. The van der Waals surface area contributed by atoms with E-state index in [-0.39, 0.29) is 17.6 Å². The number of carbonyl (C=O) groups excluding carboxylic acids is 2. The molecule has 23 heavy (non-hydrogen) atoms. The van der Waals surface area contributed by atoms with Gasteiger partial charge in [0.15, 0.2) is 0 Å². The Hall–Kier alpha value is -2.15. The van der Waals surface area contributed by atoms with Gasteiger partial charge < -0.3 is 4.42 Å². The Labute approximate surface area is 138 Å². The summed E-state index contributed by atoms with van der Waals surface area (Å²) >= 11 is 1.16. The van der Waals surface area contributed by atoms with Gasteiger partial charge in [-0.15, -0.1) is 10.2 Å². The minimum atomic E-state index is -0.205. The van der Waals surface area contributed by atoms with Crippen LogP contribution in [0.15, 0.2) is 27.8 Å². The van der Waals surface area contributed by atoms with E-state index in [1.165, 1.54) is 10.5 Å². The highest BCUT2D eigenvalue weighted by molar-refractivity contribution is 7.99. The van der Waals surface area contributed by atoms with Gasteiger partial charge in [-0.1, -0.05) is 17.8 Å². The first kappa shape index (κ1) is 15.7. The Balaban J connectivity index is 1.64. The molecule has 0 radical (unpaired) electrons. The van der Waals surface area contributed by atoms with E-state index in [9.17, 15) is 9.59 Å². The SMILES string of the molecule is Cc1ccc(-c2nnc(SCC(=O)N3CCCC3=O)o2)cc1C. The third-order valence-corrected chi connectivity index (χ3v) is 4.66. The van der Waals surface area contributed by atoms with Gasteiger partial charge in [0.25, 0.3) is 5.22 Å². The van der Waals surface area contributed by atoms with Gasteiger partial charge in [-0.2, -0.15) is 0 Å². The highest BCUT2D eigenvalue weighted by Crippen LogP contribution is 2.25. The molecule has 1 saturated heterocycles. The molecule has 2 amide bonds. The topological polar surface area (TPSA) is 76.3 Å². The molecular formula is C16H17N3O3S. The van der Waals surface area contributed by atoms with Crippen molar-refractivity contribution < 1.29 is 14.0 Å². The molecule has 0 aliphatic carbocycles. The smallest absolute Gasteiger partial charge is 0.277 e. The minimum Gasteiger partial charge on any atom is -0.411 e. The first-order chi connectivity index (χ1) is 11.0. The lowest BCUT2D eigenvalue weighted by molar-refractivity contribution is -0.140. The molecule has 2 heterocycles. The first-order valence-electron chi connectivity index (χ1n) is 7.42. The number of thioether (sulfide) groups is 1. The van der Waals surface area contributed by atoms with Crippen LogP contribution in [0.25, 0.3) is 11.5 Å². The number of aryl methyl sites for hydroxylation is 2. The summed E-state index contributed by atoms with van der Waals surface area (Å²) in [7, 11) is 0. The van der Waals surface area contributed by atoms with Gasteiger partial charge in [-0.25, -0.2) is 0 Å². The fourth-order valence-corrected chi connectivity index (χ4v) is 3.01. The summed E-state index contributed by atoms with van der Waals surface area (Å²) in [5, 5.41) is 8.30. The van der Waals surface area contributed by atoms with Crippen LogP contribution in [0.3, 0.4) is 0 Å². The molecule has 1 fully saturated rings. The molecule has 0 spiro atoms. The van der Waals surface area contributed by atoms with Crippen molar-refractivity contribution in [2.75, 3.05) is 12.3 Å². The molecule has 1 aliphatic rings. The van der Waals surface area contributed by atoms with Crippen molar-refractivity contribution in [1.29, 1.82) is 0 Å². The molecule has 0 saturated carbocycles. The van der Waals surface area contributed by atoms with Crippen LogP contribution in [0.4, 0.5) is 0 Å². The minimum absolute atomic E-state index is 0.100. The molecule has 3 rings (SSSR count). The zero-order valence-electron chi connectivity index (χ0n) is 13.0. The molecule has 1 aliphatic heterocycles. The molecule has 0 unspecified atom stereocenters. The number of nitrogens with zero attached hydrogens (tertiary/aromatic N) is 3. The Morgan fingerprint density at radius 2 is 2.13 bits per heavy atom. The molecule has 120 valence electrons. The van der Waals surface area contributed by atoms with E-state index in [0.29, 0.717) is 24.1 Å². The van der Waals surface area contributed by atoms with Crippen molar-refractivity contribution in [1.82, 2.24) is 15.1 Å². The van der Waals surface area contributed by atoms with Crippen LogP contribution in [-0.2, 0) is 9.59 Å². The molecule has 7 heteroatoms. The second-order valence-electron chi connectivity index (χ2n) is 5.50. The highest BCUT2D eigenvalue weighted by Gasteiger charge is 2.26. The van der Waals surface area contributed by atoms with Crippen molar-refractivity contribution in [3.8, 4) is 11.5 Å². The summed E-state index contributed by atoms with van der Waals surface area (Å²) < 4.78 is 5.59. The maximum Gasteiger partial charge on any atom is 0.277 e. The average molecular weight is 331 g/mol. The van der Waals surface area contributed by atoms with Crippen LogP contribution >= 0.6 is 11.8 Å². The molecule has 1 aromatic carbocycles. The van der Waals surface area contributed by atoms with Crippen molar-refractivity contribution in [3.63, 3.8) is 0 Å². The molecule has 6 nitrogen and oxygen atoms in total. The number of hydrogen-bond acceptors (Lipinski definition) is 6. The normalized spacial score (nSPS) is 14.5. The van der Waals surface area contributed by atoms with Crippen molar-refractivity contribution in [3.05, 3.63) is 29.3 Å². The van der Waals surface area contributed by atoms with E-state index >= 15 is 0 Å². The summed E-state index contributed by atoms with van der Waals surface area (Å²) in [4.78, 5) is 24.8. The van der Waals surface area contributed by atoms with Crippen LogP contribution in [-0.4, -0.2) is 39.2 Å². The highest BCUT2D eigenvalue weighted by atomic mass is 32.2. The summed E-state index contributed by atoms with van der Waals surface area (Å²) in [5.74, 6) is 0.251. The van der Waals surface area contributed by atoms with E-state index in [0.717, 1.165) is 29.3 Å². The maximum atomic E-state index is 12.0. The van der Waals surface area contributed by atoms with Crippen LogP contribution in [0.5, 0.6) is 0 Å². The zero-order chi connectivity index (χ0) is 16.4. The van der Waals surface area contributed by atoms with Gasteiger partial charge in [-0.05, 0) is 43.5 Å². The predicted molar refractivity (Wildman–Crippen MR) is 85.9 cm³/mol. The van der Waals surface area contributed by atoms with Gasteiger partial charge in [0, 0.05) is 18.5 Å². The number of imide groups is 1. The second-order valence-corrected chi connectivity index (χ2v) is 6.43. The van der Waals surface area contributed by atoms with Crippen LogP contribution in [0, 0.1) is 13.8 Å². The van der Waals surface area contributed by atoms with E-state index in [4.69, 9.17) is 4.42 Å². The predicted octanol–water partition coefficient (Wildman–Crippen LogP) is 2.59. The van der Waals surface area contributed by atoms with Crippen molar-refractivity contribution in [2.45, 2.75) is 31.9 Å². The lowest BCUT2D eigenvalue weighted by atomic mass is 10.1. The fraction of sp³-hybridized carbons (Fsp3) is 0.375. The van der Waals surface area contributed by atoms with Crippen LogP contribution in [0.1, 0.15) is 24.0 Å². The van der Waals surface area contributed by atoms with Crippen molar-refractivity contribution in [2.24, 2.45) is 0 Å². The molecular weight excluding hydrogens is 314 g/mol. The molecule has 0 N–H and O–H groups in total. The number of aromatic nitrogens is 2. The lowest BCUT2D eigenvalue weighted by Crippen LogP contribution is -2.33. The summed E-state index contributed by atoms with van der Waals surface area (Å²) in [6.45, 7) is 4.58. The lowest BCUT2D eigenvalue weighted by Gasteiger charge is -2.11. The van der Waals surface area contributed by atoms with E-state index in [1.807, 2.05) is 32.0 Å². The number of likely N-dealkylation sites (tertiary alicyclic amines) is 1. The molecule has 0 bridgehead atoms. The Morgan fingerprint density at radius 3 is 2.83 bits per heavy atom. The monoisotopic (exact) mass is 331 g/mol. The van der Waals surface area contributed by atoms with E-state index in [1.54, 1.807) is 0 Å². The Morgan fingerprint density at radius 1 is 1.30 bits per heavy atom. The third-order valence-electron chi connectivity index (χ3n) is 3.85. The fourth-order valence-electron chi connectivity index (χ4n) is 2.37. The number of carbonyl (C=O) groups is 2. The third kappa shape index (κ3) is 3.44. The molecule has 2 aromatic rings. The number of hydrogen-bond donors (Lipinski definition) is 0. The summed E-state index contributed by atoms with van der Waals surface area (Å²) in [6.07, 6.45) is 1.20. The number of rotatable bonds is 4. The summed E-state index contributed by atoms with van der Waals surface area (Å²) in [5.41, 5.74) is 3.20. The number of amides is 2. The zero-order valence-corrected chi connectivity index (χ0v) is 13.9. The second kappa shape index (κ2) is 6.54. The van der Waals surface area contributed by atoms with Gasteiger partial charge in [0.2, 0.25) is 17.7 Å². The average Bonchev–Trinajstić information content (AvgIpc) is 3.16. The molecule has 0 atom stereocenters. The molecule has 1 aromatic heterocycles. The van der Waals surface area contributed by atoms with Gasteiger partial charge in [0.05, 0.1) is 5.75 Å². The van der Waals surface area contributed by atoms with Gasteiger partial charge in [0.1, 0.15) is 0 Å². The van der Waals surface area contributed by atoms with Gasteiger partial charge >= 0.3 is 0 Å². The Bertz CT molecular complexity index is 757. The first-order valence-corrected chi connectivity index (χ1v) is 8.40. The van der Waals surface area contributed by atoms with E-state index < -0.39 is 0 Å². The maximum absolute atomic E-state index is 12.0. The Kier molecular flexibility index (Phi) is 4.47. The van der Waals surface area contributed by atoms with Crippen LogP contribution in [0.2, 0.25) is 0 Å². The summed E-state index contributed by atoms with van der Waals surface area (Å²) in [6, 6.07) is 5.92. The largest absolute Gasteiger partial charge is 0.411 e. The van der Waals surface area contributed by atoms with Gasteiger partial charge in [-0.3, -0.25) is 14.5 Å². The van der Waals surface area contributed by atoms with Crippen LogP contribution < -0.4 is 0 Å². The van der Waals surface area contributed by atoms with Crippen molar-refractivity contribution >= 4 is 23.6 Å². The quantitative estimate of drug-likeness (QED) is 0.802. The standard InChI is InChI=1S/C16H17N3O3S/c1-10-5-6-12(8-11(10)2)15-17-18-16(22-15)23-9-14(21)19-7-3-4-13(19)20/h5-6,8H,3-4,7,9H2,1-2H3. The van der Waals surface area contributed by atoms with E-state index in [2.05, 4.69) is 10.2 Å².